The predicted molar refractivity (Wildman–Crippen MR) is 103 cm³/mol. The fourth-order valence-electron chi connectivity index (χ4n) is 3.36. The van der Waals surface area contributed by atoms with Crippen LogP contribution in [0.25, 0.3) is 0 Å². The molecule has 3 aromatic rings. The van der Waals surface area contributed by atoms with Crippen molar-refractivity contribution in [2.45, 2.75) is 26.3 Å². The van der Waals surface area contributed by atoms with E-state index in [-0.39, 0.29) is 11.9 Å². The van der Waals surface area contributed by atoms with E-state index in [1.165, 1.54) is 5.56 Å². The number of rotatable bonds is 3. The van der Waals surface area contributed by atoms with Gasteiger partial charge < -0.3 is 10.2 Å². The standard InChI is InChI=1S/C21H20N4O/c1-14-7-3-5-9-17(14)22-20-12-11-18(23-24-20)21(26)25-15(2)13-16-8-4-6-10-19(16)25/h3-12,15H,13H2,1-2H3,(H,22,24). The van der Waals surface area contributed by atoms with Gasteiger partial charge in [-0.2, -0.15) is 0 Å². The minimum Gasteiger partial charge on any atom is -0.339 e. The number of carbonyl (C=O) groups is 1. The maximum absolute atomic E-state index is 12.9. The van der Waals surface area contributed by atoms with Gasteiger partial charge >= 0.3 is 0 Å². The average molecular weight is 344 g/mol. The van der Waals surface area contributed by atoms with Crippen molar-refractivity contribution in [3.63, 3.8) is 0 Å². The van der Waals surface area contributed by atoms with Gasteiger partial charge in [-0.05, 0) is 55.7 Å². The fraction of sp³-hybridized carbons (Fsp3) is 0.190. The van der Waals surface area contributed by atoms with Crippen LogP contribution in [0.4, 0.5) is 17.2 Å². The third kappa shape index (κ3) is 2.92. The number of para-hydroxylation sites is 2. The molecular weight excluding hydrogens is 324 g/mol. The summed E-state index contributed by atoms with van der Waals surface area (Å²) in [5, 5.41) is 11.6. The van der Waals surface area contributed by atoms with Crippen LogP contribution in [0.15, 0.2) is 60.7 Å². The number of aromatic nitrogens is 2. The summed E-state index contributed by atoms with van der Waals surface area (Å²) in [4.78, 5) is 14.8. The van der Waals surface area contributed by atoms with Crippen LogP contribution in [0.5, 0.6) is 0 Å². The minimum absolute atomic E-state index is 0.114. The first kappa shape index (κ1) is 16.3. The van der Waals surface area contributed by atoms with Crippen LogP contribution in [-0.2, 0) is 6.42 Å². The van der Waals surface area contributed by atoms with E-state index in [0.29, 0.717) is 11.5 Å². The van der Waals surface area contributed by atoms with E-state index in [4.69, 9.17) is 0 Å². The van der Waals surface area contributed by atoms with Gasteiger partial charge in [-0.15, -0.1) is 10.2 Å². The van der Waals surface area contributed by atoms with Crippen LogP contribution < -0.4 is 10.2 Å². The lowest BCUT2D eigenvalue weighted by molar-refractivity contribution is 0.0975. The zero-order valence-corrected chi connectivity index (χ0v) is 14.8. The molecule has 1 N–H and O–H groups in total. The van der Waals surface area contributed by atoms with E-state index < -0.39 is 0 Å². The van der Waals surface area contributed by atoms with Gasteiger partial charge in [0.1, 0.15) is 0 Å². The summed E-state index contributed by atoms with van der Waals surface area (Å²) in [6.45, 7) is 4.08. The van der Waals surface area contributed by atoms with Crippen molar-refractivity contribution in [2.75, 3.05) is 10.2 Å². The van der Waals surface area contributed by atoms with E-state index in [1.54, 1.807) is 12.1 Å². The van der Waals surface area contributed by atoms with Crippen LogP contribution in [-0.4, -0.2) is 22.1 Å². The van der Waals surface area contributed by atoms with Crippen LogP contribution in [0.3, 0.4) is 0 Å². The van der Waals surface area contributed by atoms with Crippen LogP contribution in [0.1, 0.15) is 28.5 Å². The summed E-state index contributed by atoms with van der Waals surface area (Å²) in [7, 11) is 0. The van der Waals surface area contributed by atoms with Crippen molar-refractivity contribution < 1.29 is 4.79 Å². The Morgan fingerprint density at radius 1 is 1.04 bits per heavy atom. The van der Waals surface area contributed by atoms with E-state index in [9.17, 15) is 4.79 Å². The lowest BCUT2D eigenvalue weighted by atomic mass is 10.1. The third-order valence-electron chi connectivity index (χ3n) is 4.72. The number of anilines is 3. The molecule has 0 aliphatic carbocycles. The van der Waals surface area contributed by atoms with E-state index in [2.05, 4.69) is 28.5 Å². The van der Waals surface area contributed by atoms with Crippen molar-refractivity contribution in [3.8, 4) is 0 Å². The van der Waals surface area contributed by atoms with Crippen molar-refractivity contribution in [2.24, 2.45) is 0 Å². The normalized spacial score (nSPS) is 15.6. The van der Waals surface area contributed by atoms with E-state index in [0.717, 1.165) is 23.4 Å². The second kappa shape index (κ2) is 6.59. The molecule has 1 aliphatic rings. The highest BCUT2D eigenvalue weighted by molar-refractivity contribution is 6.06. The van der Waals surface area contributed by atoms with Gasteiger partial charge in [0.2, 0.25) is 0 Å². The summed E-state index contributed by atoms with van der Waals surface area (Å²) in [5.74, 6) is 0.503. The quantitative estimate of drug-likeness (QED) is 0.776. The summed E-state index contributed by atoms with van der Waals surface area (Å²) in [6.07, 6.45) is 0.863. The van der Waals surface area contributed by atoms with E-state index >= 15 is 0 Å². The minimum atomic E-state index is -0.114. The first-order chi connectivity index (χ1) is 12.6. The number of nitrogens with one attached hydrogen (secondary N) is 1. The largest absolute Gasteiger partial charge is 0.339 e. The highest BCUT2D eigenvalue weighted by atomic mass is 16.2. The number of aryl methyl sites for hydroxylation is 1. The molecule has 2 heterocycles. The Morgan fingerprint density at radius 2 is 1.81 bits per heavy atom. The molecule has 1 unspecified atom stereocenters. The molecule has 5 nitrogen and oxygen atoms in total. The summed E-state index contributed by atoms with van der Waals surface area (Å²) >= 11 is 0. The van der Waals surface area contributed by atoms with Gasteiger partial charge in [-0.3, -0.25) is 4.79 Å². The molecule has 1 amide bonds. The predicted octanol–water partition coefficient (Wildman–Crippen LogP) is 4.12. The maximum Gasteiger partial charge on any atom is 0.279 e. The van der Waals surface area contributed by atoms with Gasteiger partial charge in [0, 0.05) is 17.4 Å². The van der Waals surface area contributed by atoms with E-state index in [1.807, 2.05) is 54.3 Å². The number of fused-ring (bicyclic) bond motifs is 1. The lowest BCUT2D eigenvalue weighted by Crippen LogP contribution is -2.36. The molecule has 0 fully saturated rings. The van der Waals surface area contributed by atoms with Gasteiger partial charge in [0.05, 0.1) is 0 Å². The number of carbonyl (C=O) groups excluding carboxylic acids is 1. The Balaban J connectivity index is 1.56. The Bertz CT molecular complexity index is 952. The number of amides is 1. The molecule has 2 aromatic carbocycles. The molecule has 1 aromatic heterocycles. The summed E-state index contributed by atoms with van der Waals surface area (Å²) < 4.78 is 0. The lowest BCUT2D eigenvalue weighted by Gasteiger charge is -2.22. The molecule has 1 atom stereocenters. The topological polar surface area (TPSA) is 58.1 Å². The second-order valence-corrected chi connectivity index (χ2v) is 6.60. The van der Waals surface area contributed by atoms with Crippen LogP contribution in [0, 0.1) is 6.92 Å². The zero-order valence-electron chi connectivity index (χ0n) is 14.8. The van der Waals surface area contributed by atoms with Gasteiger partial charge in [0.25, 0.3) is 5.91 Å². The van der Waals surface area contributed by atoms with Crippen molar-refractivity contribution in [3.05, 3.63) is 77.5 Å². The van der Waals surface area contributed by atoms with Gasteiger partial charge in [-0.25, -0.2) is 0 Å². The summed E-state index contributed by atoms with van der Waals surface area (Å²) in [6, 6.07) is 19.6. The monoisotopic (exact) mass is 344 g/mol. The molecule has 1 aliphatic heterocycles. The number of hydrogen-bond donors (Lipinski definition) is 1. The third-order valence-corrected chi connectivity index (χ3v) is 4.72. The fourth-order valence-corrected chi connectivity index (χ4v) is 3.36. The molecule has 0 radical (unpaired) electrons. The Kier molecular flexibility index (Phi) is 4.13. The van der Waals surface area contributed by atoms with Gasteiger partial charge in [-0.1, -0.05) is 36.4 Å². The maximum atomic E-state index is 12.9. The number of hydrogen-bond acceptors (Lipinski definition) is 4. The van der Waals surface area contributed by atoms with Crippen LogP contribution >= 0.6 is 0 Å². The zero-order chi connectivity index (χ0) is 18.1. The number of nitrogens with zero attached hydrogens (tertiary/aromatic N) is 3. The summed E-state index contributed by atoms with van der Waals surface area (Å²) in [5.41, 5.74) is 4.61. The molecule has 0 saturated heterocycles. The Morgan fingerprint density at radius 3 is 2.58 bits per heavy atom. The van der Waals surface area contributed by atoms with Crippen molar-refractivity contribution >= 4 is 23.1 Å². The molecule has 0 bridgehead atoms. The number of benzene rings is 2. The molecular formula is C21H20N4O. The smallest absolute Gasteiger partial charge is 0.279 e. The average Bonchev–Trinajstić information content (AvgIpc) is 2.99. The molecule has 0 saturated carbocycles. The molecule has 5 heteroatoms. The van der Waals surface area contributed by atoms with Crippen molar-refractivity contribution in [1.82, 2.24) is 10.2 Å². The molecule has 130 valence electrons. The first-order valence-corrected chi connectivity index (χ1v) is 8.71. The molecule has 26 heavy (non-hydrogen) atoms. The van der Waals surface area contributed by atoms with Crippen LogP contribution in [0.2, 0.25) is 0 Å². The highest BCUT2D eigenvalue weighted by Gasteiger charge is 2.31. The van der Waals surface area contributed by atoms with Gasteiger partial charge in [0.15, 0.2) is 11.5 Å². The second-order valence-electron chi connectivity index (χ2n) is 6.60. The Hall–Kier alpha value is -3.21. The highest BCUT2D eigenvalue weighted by Crippen LogP contribution is 2.32. The molecule has 0 spiro atoms. The van der Waals surface area contributed by atoms with Crippen molar-refractivity contribution in [1.29, 1.82) is 0 Å². The first-order valence-electron chi connectivity index (χ1n) is 8.71. The molecule has 4 rings (SSSR count). The SMILES string of the molecule is Cc1ccccc1Nc1ccc(C(=O)N2c3ccccc3CC2C)nn1. The Labute approximate surface area is 152 Å².